The number of carbonyl (C=O) groups is 1. The largest absolute Gasteiger partial charge is 0.351 e. The maximum Gasteiger partial charge on any atom is 0.254 e. The van der Waals surface area contributed by atoms with E-state index in [1.807, 2.05) is 4.68 Å². The molecule has 2 aromatic carbocycles. The van der Waals surface area contributed by atoms with E-state index in [1.54, 1.807) is 6.20 Å². The first kappa shape index (κ1) is 25.4. The number of amides is 1. The standard InChI is InChI=1S/C28H35N5O.ClH/c1-20-7-8-26(21(2)17-20)33-27(23-9-12-29-13-10-23)25(18-31-33)28(34)30-14-16-32-15-11-22-5-3-4-6-24(22)19-32;/h3-8,17-18,23,29H,9-16,19H2,1-2H3,(H,30,34);1H. The van der Waals surface area contributed by atoms with Crippen molar-refractivity contribution < 1.29 is 4.79 Å². The van der Waals surface area contributed by atoms with Crippen LogP contribution in [0.4, 0.5) is 0 Å². The van der Waals surface area contributed by atoms with E-state index in [2.05, 4.69) is 71.8 Å². The minimum Gasteiger partial charge on any atom is -0.351 e. The first-order valence-electron chi connectivity index (χ1n) is 12.5. The number of aryl methyl sites for hydroxylation is 2. The lowest BCUT2D eigenvalue weighted by molar-refractivity contribution is 0.0945. The van der Waals surface area contributed by atoms with Gasteiger partial charge in [-0.05, 0) is 69.0 Å². The van der Waals surface area contributed by atoms with Crippen LogP contribution in [-0.4, -0.2) is 53.3 Å². The summed E-state index contributed by atoms with van der Waals surface area (Å²) in [4.78, 5) is 15.8. The summed E-state index contributed by atoms with van der Waals surface area (Å²) in [5.41, 5.74) is 8.10. The van der Waals surface area contributed by atoms with Gasteiger partial charge >= 0.3 is 0 Å². The molecule has 3 heterocycles. The topological polar surface area (TPSA) is 62.2 Å². The quantitative estimate of drug-likeness (QED) is 0.541. The molecule has 35 heavy (non-hydrogen) atoms. The van der Waals surface area contributed by atoms with Crippen LogP contribution in [0.25, 0.3) is 5.69 Å². The minimum absolute atomic E-state index is 0. The molecule has 5 rings (SSSR count). The second kappa shape index (κ2) is 11.4. The maximum atomic E-state index is 13.3. The third kappa shape index (κ3) is 5.61. The number of halogens is 1. The second-order valence-electron chi connectivity index (χ2n) is 9.72. The molecule has 1 saturated heterocycles. The van der Waals surface area contributed by atoms with Crippen molar-refractivity contribution >= 4 is 18.3 Å². The number of fused-ring (bicyclic) bond motifs is 1. The Balaban J connectivity index is 0.00000289. The summed E-state index contributed by atoms with van der Waals surface area (Å²) in [7, 11) is 0. The number of hydrogen-bond acceptors (Lipinski definition) is 4. The van der Waals surface area contributed by atoms with Gasteiger partial charge in [-0.25, -0.2) is 4.68 Å². The SMILES string of the molecule is Cc1ccc(-n2ncc(C(=O)NCCN3CCc4ccccc4C3)c2C2CCNCC2)c(C)c1.Cl. The van der Waals surface area contributed by atoms with Crippen LogP contribution < -0.4 is 10.6 Å². The van der Waals surface area contributed by atoms with Crippen molar-refractivity contribution in [2.45, 2.75) is 45.6 Å². The molecular formula is C28H36ClN5O. The third-order valence-electron chi connectivity index (χ3n) is 7.28. The van der Waals surface area contributed by atoms with Crippen LogP contribution in [0, 0.1) is 13.8 Å². The molecule has 7 heteroatoms. The summed E-state index contributed by atoms with van der Waals surface area (Å²) in [5.74, 6) is 0.311. The molecule has 1 aromatic heterocycles. The molecule has 0 aliphatic carbocycles. The van der Waals surface area contributed by atoms with Crippen LogP contribution in [0.1, 0.15) is 57.1 Å². The van der Waals surface area contributed by atoms with E-state index in [9.17, 15) is 4.79 Å². The lowest BCUT2D eigenvalue weighted by Gasteiger charge is -2.28. The predicted octanol–water partition coefficient (Wildman–Crippen LogP) is 4.17. The molecule has 0 radical (unpaired) electrons. The van der Waals surface area contributed by atoms with Crippen LogP contribution in [0.5, 0.6) is 0 Å². The minimum atomic E-state index is -0.0121. The zero-order valence-electron chi connectivity index (χ0n) is 20.7. The molecule has 1 fully saturated rings. The molecule has 3 aromatic rings. The highest BCUT2D eigenvalue weighted by Crippen LogP contribution is 2.31. The summed E-state index contributed by atoms with van der Waals surface area (Å²) < 4.78 is 2.02. The van der Waals surface area contributed by atoms with Crippen molar-refractivity contribution in [2.24, 2.45) is 0 Å². The van der Waals surface area contributed by atoms with E-state index in [0.717, 1.165) is 68.9 Å². The van der Waals surface area contributed by atoms with Gasteiger partial charge in [0.1, 0.15) is 0 Å². The Morgan fingerprint density at radius 1 is 1.11 bits per heavy atom. The molecule has 0 atom stereocenters. The Bertz CT molecular complexity index is 1170. The molecule has 6 nitrogen and oxygen atoms in total. The normalized spacial score (nSPS) is 16.4. The lowest BCUT2D eigenvalue weighted by Crippen LogP contribution is -2.38. The van der Waals surface area contributed by atoms with Gasteiger partial charge in [-0.3, -0.25) is 9.69 Å². The van der Waals surface area contributed by atoms with Crippen molar-refractivity contribution in [3.05, 3.63) is 82.2 Å². The average Bonchev–Trinajstić information content (AvgIpc) is 3.29. The fourth-order valence-corrected chi connectivity index (χ4v) is 5.42. The highest BCUT2D eigenvalue weighted by molar-refractivity contribution is 5.95. The monoisotopic (exact) mass is 493 g/mol. The van der Waals surface area contributed by atoms with Gasteiger partial charge in [-0.15, -0.1) is 12.4 Å². The number of hydrogen-bond donors (Lipinski definition) is 2. The van der Waals surface area contributed by atoms with Gasteiger partial charge in [0.15, 0.2) is 0 Å². The highest BCUT2D eigenvalue weighted by atomic mass is 35.5. The van der Waals surface area contributed by atoms with E-state index in [4.69, 9.17) is 5.10 Å². The maximum absolute atomic E-state index is 13.3. The van der Waals surface area contributed by atoms with Crippen LogP contribution in [-0.2, 0) is 13.0 Å². The van der Waals surface area contributed by atoms with Crippen molar-refractivity contribution in [1.82, 2.24) is 25.3 Å². The van der Waals surface area contributed by atoms with Crippen LogP contribution in [0.15, 0.2) is 48.7 Å². The molecular weight excluding hydrogens is 458 g/mol. The van der Waals surface area contributed by atoms with Crippen LogP contribution in [0.3, 0.4) is 0 Å². The fraction of sp³-hybridized carbons (Fsp3) is 0.429. The first-order valence-corrected chi connectivity index (χ1v) is 12.5. The molecule has 186 valence electrons. The van der Waals surface area contributed by atoms with Crippen LogP contribution in [0.2, 0.25) is 0 Å². The summed E-state index contributed by atoms with van der Waals surface area (Å²) in [5, 5.41) is 11.4. The smallest absolute Gasteiger partial charge is 0.254 e. The summed E-state index contributed by atoms with van der Waals surface area (Å²) >= 11 is 0. The number of carbonyl (C=O) groups excluding carboxylic acids is 1. The zero-order chi connectivity index (χ0) is 23.5. The number of piperidine rings is 1. The van der Waals surface area contributed by atoms with E-state index >= 15 is 0 Å². The van der Waals surface area contributed by atoms with Gasteiger partial charge in [0, 0.05) is 32.1 Å². The van der Waals surface area contributed by atoms with Gasteiger partial charge < -0.3 is 10.6 Å². The van der Waals surface area contributed by atoms with Crippen molar-refractivity contribution in [2.75, 3.05) is 32.7 Å². The molecule has 0 spiro atoms. The Labute approximate surface area is 214 Å². The Kier molecular flexibility index (Phi) is 8.26. The van der Waals surface area contributed by atoms with Gasteiger partial charge in [0.2, 0.25) is 0 Å². The molecule has 2 N–H and O–H groups in total. The van der Waals surface area contributed by atoms with Crippen molar-refractivity contribution in [3.8, 4) is 5.69 Å². The average molecular weight is 494 g/mol. The number of nitrogens with zero attached hydrogens (tertiary/aromatic N) is 3. The Morgan fingerprint density at radius 2 is 1.89 bits per heavy atom. The van der Waals surface area contributed by atoms with Gasteiger partial charge in [-0.1, -0.05) is 42.0 Å². The van der Waals surface area contributed by atoms with Crippen LogP contribution >= 0.6 is 12.4 Å². The highest BCUT2D eigenvalue weighted by Gasteiger charge is 2.27. The molecule has 0 saturated carbocycles. The number of nitrogens with one attached hydrogen (secondary N) is 2. The number of benzene rings is 2. The predicted molar refractivity (Wildman–Crippen MR) is 143 cm³/mol. The van der Waals surface area contributed by atoms with Gasteiger partial charge in [-0.2, -0.15) is 5.10 Å². The lowest BCUT2D eigenvalue weighted by atomic mass is 9.91. The molecule has 1 amide bonds. The molecule has 2 aliphatic heterocycles. The third-order valence-corrected chi connectivity index (χ3v) is 7.28. The van der Waals surface area contributed by atoms with Crippen molar-refractivity contribution in [3.63, 3.8) is 0 Å². The van der Waals surface area contributed by atoms with E-state index in [0.29, 0.717) is 12.5 Å². The number of aromatic nitrogens is 2. The van der Waals surface area contributed by atoms with Crippen molar-refractivity contribution in [1.29, 1.82) is 0 Å². The molecule has 0 bridgehead atoms. The number of rotatable bonds is 6. The summed E-state index contributed by atoms with van der Waals surface area (Å²) in [6, 6.07) is 15.1. The fourth-order valence-electron chi connectivity index (χ4n) is 5.42. The Morgan fingerprint density at radius 3 is 2.66 bits per heavy atom. The zero-order valence-corrected chi connectivity index (χ0v) is 21.5. The van der Waals surface area contributed by atoms with E-state index < -0.39 is 0 Å². The molecule has 2 aliphatic rings. The summed E-state index contributed by atoms with van der Waals surface area (Å²) in [6.45, 7) is 9.66. The van der Waals surface area contributed by atoms with Gasteiger partial charge in [0.05, 0.1) is 23.1 Å². The summed E-state index contributed by atoms with van der Waals surface area (Å²) in [6.07, 6.45) is 4.88. The Hall–Kier alpha value is -2.67. The van der Waals surface area contributed by atoms with E-state index in [1.165, 1.54) is 22.3 Å². The second-order valence-corrected chi connectivity index (χ2v) is 9.72. The van der Waals surface area contributed by atoms with E-state index in [-0.39, 0.29) is 18.3 Å². The van der Waals surface area contributed by atoms with Gasteiger partial charge in [0.25, 0.3) is 5.91 Å². The molecule has 0 unspecified atom stereocenters. The first-order chi connectivity index (χ1) is 16.6.